The van der Waals surface area contributed by atoms with Gasteiger partial charge in [0.15, 0.2) is 5.82 Å². The van der Waals surface area contributed by atoms with Crippen molar-refractivity contribution in [2.24, 2.45) is 0 Å². The first-order chi connectivity index (χ1) is 10.7. The largest absolute Gasteiger partial charge is 0.385 e. The van der Waals surface area contributed by atoms with E-state index in [9.17, 15) is 4.79 Å². The molecule has 1 amide bonds. The van der Waals surface area contributed by atoms with Gasteiger partial charge in [-0.15, -0.1) is 0 Å². The zero-order chi connectivity index (χ0) is 15.5. The Bertz CT molecular complexity index is 682. The number of carbonyl (C=O) groups is 1. The molecule has 3 rings (SSSR count). The summed E-state index contributed by atoms with van der Waals surface area (Å²) in [6.45, 7) is 2.35. The quantitative estimate of drug-likeness (QED) is 0.926. The van der Waals surface area contributed by atoms with Crippen molar-refractivity contribution in [2.75, 3.05) is 38.7 Å². The third kappa shape index (κ3) is 2.90. The molecular formula is C14H16ClN5O2. The molecule has 1 saturated heterocycles. The third-order valence-electron chi connectivity index (χ3n) is 3.45. The van der Waals surface area contributed by atoms with E-state index in [1.54, 1.807) is 41.3 Å². The molecule has 0 aromatic carbocycles. The summed E-state index contributed by atoms with van der Waals surface area (Å²) >= 11 is 5.94. The van der Waals surface area contributed by atoms with Crippen LogP contribution in [0.3, 0.4) is 0 Å². The van der Waals surface area contributed by atoms with Crippen LogP contribution >= 0.6 is 11.6 Å². The Morgan fingerprint density at radius 3 is 2.86 bits per heavy atom. The van der Waals surface area contributed by atoms with E-state index in [1.807, 2.05) is 0 Å². The van der Waals surface area contributed by atoms with E-state index in [-0.39, 0.29) is 5.91 Å². The second kappa shape index (κ2) is 6.33. The first-order valence-electron chi connectivity index (χ1n) is 6.94. The van der Waals surface area contributed by atoms with Gasteiger partial charge in [-0.3, -0.25) is 4.79 Å². The number of amides is 1. The molecule has 8 heteroatoms. The van der Waals surface area contributed by atoms with Crippen molar-refractivity contribution in [3.63, 3.8) is 0 Å². The maximum absolute atomic E-state index is 12.4. The first kappa shape index (κ1) is 14.8. The summed E-state index contributed by atoms with van der Waals surface area (Å²) in [5.41, 5.74) is 1.27. The van der Waals surface area contributed by atoms with Crippen LogP contribution in [-0.2, 0) is 4.74 Å². The first-order valence-corrected chi connectivity index (χ1v) is 7.32. The van der Waals surface area contributed by atoms with E-state index in [0.29, 0.717) is 42.7 Å². The molecular weight excluding hydrogens is 306 g/mol. The van der Waals surface area contributed by atoms with E-state index in [0.717, 1.165) is 5.69 Å². The van der Waals surface area contributed by atoms with Gasteiger partial charge in [0.1, 0.15) is 0 Å². The van der Waals surface area contributed by atoms with Crippen molar-refractivity contribution < 1.29 is 9.53 Å². The van der Waals surface area contributed by atoms with Gasteiger partial charge < -0.3 is 15.0 Å². The maximum Gasteiger partial charge on any atom is 0.257 e. The zero-order valence-corrected chi connectivity index (χ0v) is 12.9. The Hall–Kier alpha value is -2.12. The normalized spacial score (nSPS) is 14.9. The van der Waals surface area contributed by atoms with Gasteiger partial charge >= 0.3 is 0 Å². The molecule has 1 N–H and O–H groups in total. The third-order valence-corrected chi connectivity index (χ3v) is 3.65. The monoisotopic (exact) mass is 321 g/mol. The second-order valence-corrected chi connectivity index (χ2v) is 5.29. The van der Waals surface area contributed by atoms with Crippen molar-refractivity contribution in [3.8, 4) is 5.82 Å². The molecule has 0 spiro atoms. The van der Waals surface area contributed by atoms with Crippen LogP contribution < -0.4 is 5.32 Å². The van der Waals surface area contributed by atoms with Gasteiger partial charge in [0.25, 0.3) is 5.91 Å². The van der Waals surface area contributed by atoms with Gasteiger partial charge in [-0.25, -0.2) is 9.67 Å². The molecule has 0 radical (unpaired) electrons. The van der Waals surface area contributed by atoms with Gasteiger partial charge in [-0.2, -0.15) is 5.10 Å². The number of pyridine rings is 1. The van der Waals surface area contributed by atoms with Gasteiger partial charge in [-0.05, 0) is 6.07 Å². The predicted octanol–water partition coefficient (Wildman–Crippen LogP) is 1.43. The Kier molecular flexibility index (Phi) is 4.26. The van der Waals surface area contributed by atoms with Crippen LogP contribution in [0.25, 0.3) is 5.82 Å². The van der Waals surface area contributed by atoms with Crippen LogP contribution in [0, 0.1) is 0 Å². The Morgan fingerprint density at radius 1 is 1.36 bits per heavy atom. The molecule has 1 fully saturated rings. The van der Waals surface area contributed by atoms with E-state index >= 15 is 0 Å². The number of ether oxygens (including phenoxy) is 1. The molecule has 0 saturated carbocycles. The molecule has 0 bridgehead atoms. The molecule has 2 aromatic heterocycles. The highest BCUT2D eigenvalue weighted by Crippen LogP contribution is 2.21. The lowest BCUT2D eigenvalue weighted by Gasteiger charge is -2.26. The van der Waals surface area contributed by atoms with Crippen molar-refractivity contribution in [3.05, 3.63) is 35.2 Å². The van der Waals surface area contributed by atoms with Crippen molar-refractivity contribution >= 4 is 23.2 Å². The predicted molar refractivity (Wildman–Crippen MR) is 82.6 cm³/mol. The van der Waals surface area contributed by atoms with Crippen LogP contribution in [0.5, 0.6) is 0 Å². The number of nitrogens with one attached hydrogen (secondary N) is 1. The Labute approximate surface area is 132 Å². The number of aromatic nitrogens is 3. The highest BCUT2D eigenvalue weighted by molar-refractivity contribution is 6.30. The van der Waals surface area contributed by atoms with E-state index < -0.39 is 0 Å². The summed E-state index contributed by atoms with van der Waals surface area (Å²) in [6.07, 6.45) is 4.77. The lowest BCUT2D eigenvalue weighted by atomic mass is 10.3. The summed E-state index contributed by atoms with van der Waals surface area (Å²) in [7, 11) is 1.78. The fourth-order valence-corrected chi connectivity index (χ4v) is 2.45. The number of morpholine rings is 1. The molecule has 0 atom stereocenters. The molecule has 22 heavy (non-hydrogen) atoms. The topological polar surface area (TPSA) is 72.3 Å². The number of anilines is 1. The van der Waals surface area contributed by atoms with Crippen molar-refractivity contribution in [1.29, 1.82) is 0 Å². The zero-order valence-electron chi connectivity index (χ0n) is 12.1. The average molecular weight is 322 g/mol. The maximum atomic E-state index is 12.4. The second-order valence-electron chi connectivity index (χ2n) is 4.85. The van der Waals surface area contributed by atoms with Gasteiger partial charge in [-0.1, -0.05) is 11.6 Å². The van der Waals surface area contributed by atoms with Crippen LogP contribution in [0.1, 0.15) is 10.4 Å². The molecule has 3 heterocycles. The summed E-state index contributed by atoms with van der Waals surface area (Å²) in [4.78, 5) is 18.4. The molecule has 0 aliphatic carbocycles. The van der Waals surface area contributed by atoms with E-state index in [2.05, 4.69) is 15.4 Å². The standard InChI is InChI=1S/C14H16ClN5O2/c1-16-12-6-11(15)8-17-13(12)20-9-10(7-18-20)14(21)19-2-4-22-5-3-19/h6-9,16H,2-5H2,1H3. The number of hydrogen-bond donors (Lipinski definition) is 1. The van der Waals surface area contributed by atoms with Crippen LogP contribution in [0.2, 0.25) is 5.02 Å². The molecule has 7 nitrogen and oxygen atoms in total. The Balaban J connectivity index is 1.86. The minimum absolute atomic E-state index is 0.0467. The van der Waals surface area contributed by atoms with Gasteiger partial charge in [0.2, 0.25) is 0 Å². The van der Waals surface area contributed by atoms with Gasteiger partial charge in [0.05, 0.1) is 35.7 Å². The molecule has 0 unspecified atom stereocenters. The number of rotatable bonds is 3. The van der Waals surface area contributed by atoms with E-state index in [4.69, 9.17) is 16.3 Å². The number of nitrogens with zero attached hydrogens (tertiary/aromatic N) is 4. The van der Waals surface area contributed by atoms with Gasteiger partial charge in [0, 0.05) is 32.5 Å². The average Bonchev–Trinajstić information content (AvgIpc) is 3.04. The molecule has 1 aliphatic heterocycles. The number of halogens is 1. The smallest absolute Gasteiger partial charge is 0.257 e. The summed E-state index contributed by atoms with van der Waals surface area (Å²) in [5.74, 6) is 0.544. The minimum atomic E-state index is -0.0467. The fourth-order valence-electron chi connectivity index (χ4n) is 2.30. The molecule has 1 aliphatic rings. The lowest BCUT2D eigenvalue weighted by Crippen LogP contribution is -2.40. The van der Waals surface area contributed by atoms with Crippen molar-refractivity contribution in [2.45, 2.75) is 0 Å². The highest BCUT2D eigenvalue weighted by Gasteiger charge is 2.20. The Morgan fingerprint density at radius 2 is 2.14 bits per heavy atom. The lowest BCUT2D eigenvalue weighted by molar-refractivity contribution is 0.0303. The SMILES string of the molecule is CNc1cc(Cl)cnc1-n1cc(C(=O)N2CCOCC2)cn1. The van der Waals surface area contributed by atoms with E-state index in [1.165, 1.54) is 0 Å². The fraction of sp³-hybridized carbons (Fsp3) is 0.357. The number of hydrogen-bond acceptors (Lipinski definition) is 5. The highest BCUT2D eigenvalue weighted by atomic mass is 35.5. The molecule has 116 valence electrons. The number of carbonyl (C=O) groups excluding carboxylic acids is 1. The minimum Gasteiger partial charge on any atom is -0.385 e. The van der Waals surface area contributed by atoms with Crippen LogP contribution in [0.15, 0.2) is 24.7 Å². The molecule has 2 aromatic rings. The summed E-state index contributed by atoms with van der Waals surface area (Å²) in [5, 5.41) is 7.78. The summed E-state index contributed by atoms with van der Waals surface area (Å²) < 4.78 is 6.82. The van der Waals surface area contributed by atoms with Crippen LogP contribution in [0.4, 0.5) is 5.69 Å². The van der Waals surface area contributed by atoms with Crippen LogP contribution in [-0.4, -0.2) is 58.9 Å². The summed E-state index contributed by atoms with van der Waals surface area (Å²) in [6, 6.07) is 1.76. The van der Waals surface area contributed by atoms with Crippen molar-refractivity contribution in [1.82, 2.24) is 19.7 Å².